The molecule has 1 N–H and O–H groups in total. The van der Waals surface area contributed by atoms with Gasteiger partial charge >= 0.3 is 0 Å². The van der Waals surface area contributed by atoms with Crippen molar-refractivity contribution in [1.82, 2.24) is 10.2 Å². The van der Waals surface area contributed by atoms with Gasteiger partial charge in [0.15, 0.2) is 5.69 Å². The van der Waals surface area contributed by atoms with Crippen molar-refractivity contribution < 1.29 is 0 Å². The van der Waals surface area contributed by atoms with E-state index < -0.39 is 0 Å². The third-order valence-corrected chi connectivity index (χ3v) is 3.07. The van der Waals surface area contributed by atoms with Gasteiger partial charge in [-0.1, -0.05) is 19.8 Å². The number of nitrogens with one attached hydrogen (secondary N) is 1. The molecule has 84 valence electrons. The molecule has 1 aromatic rings. The van der Waals surface area contributed by atoms with Gasteiger partial charge in [0.05, 0.1) is 0 Å². The normalized spacial score (nSPS) is 24.8. The van der Waals surface area contributed by atoms with E-state index in [9.17, 15) is 0 Å². The van der Waals surface area contributed by atoms with Gasteiger partial charge in [-0.05, 0) is 30.9 Å². The van der Waals surface area contributed by atoms with Crippen molar-refractivity contribution in [2.24, 2.45) is 5.92 Å². The quantitative estimate of drug-likeness (QED) is 0.824. The van der Waals surface area contributed by atoms with Crippen molar-refractivity contribution in [1.29, 1.82) is 5.26 Å². The maximum atomic E-state index is 8.61. The Labute approximate surface area is 95.7 Å². The summed E-state index contributed by atoms with van der Waals surface area (Å²) < 4.78 is 0. The summed E-state index contributed by atoms with van der Waals surface area (Å²) in [5.41, 5.74) is 0.363. The molecule has 1 heterocycles. The second-order valence-electron chi connectivity index (χ2n) is 4.53. The predicted molar refractivity (Wildman–Crippen MR) is 61.8 cm³/mol. The minimum Gasteiger partial charge on any atom is -0.366 e. The van der Waals surface area contributed by atoms with Crippen LogP contribution in [0.3, 0.4) is 0 Å². The number of anilines is 1. The fraction of sp³-hybridized carbons (Fsp3) is 0.583. The van der Waals surface area contributed by atoms with Gasteiger partial charge in [0, 0.05) is 6.04 Å². The zero-order valence-electron chi connectivity index (χ0n) is 9.48. The highest BCUT2D eigenvalue weighted by molar-refractivity contribution is 5.36. The Balaban J connectivity index is 1.95. The van der Waals surface area contributed by atoms with E-state index in [0.29, 0.717) is 11.7 Å². The number of hydrogen-bond donors (Lipinski definition) is 1. The maximum Gasteiger partial charge on any atom is 0.163 e. The lowest BCUT2D eigenvalue weighted by Crippen LogP contribution is -2.26. The van der Waals surface area contributed by atoms with Crippen LogP contribution in [0.2, 0.25) is 0 Å². The summed E-state index contributed by atoms with van der Waals surface area (Å²) in [6, 6.07) is 5.99. The van der Waals surface area contributed by atoms with Gasteiger partial charge in [0.25, 0.3) is 0 Å². The SMILES string of the molecule is CC1CCCC(Nc2ccc(C#N)nn2)C1. The predicted octanol–water partition coefficient (Wildman–Crippen LogP) is 2.34. The molecule has 1 aliphatic rings. The van der Waals surface area contributed by atoms with Crippen LogP contribution in [0.1, 0.15) is 38.3 Å². The van der Waals surface area contributed by atoms with Crippen LogP contribution in [0.25, 0.3) is 0 Å². The van der Waals surface area contributed by atoms with Gasteiger partial charge < -0.3 is 5.32 Å². The second-order valence-corrected chi connectivity index (χ2v) is 4.53. The van der Waals surface area contributed by atoms with Crippen LogP contribution >= 0.6 is 0 Å². The molecule has 16 heavy (non-hydrogen) atoms. The largest absolute Gasteiger partial charge is 0.366 e. The van der Waals surface area contributed by atoms with E-state index >= 15 is 0 Å². The zero-order chi connectivity index (χ0) is 11.4. The number of nitrogens with zero attached hydrogens (tertiary/aromatic N) is 3. The molecule has 0 bridgehead atoms. The fourth-order valence-electron chi connectivity index (χ4n) is 2.24. The second kappa shape index (κ2) is 4.93. The summed E-state index contributed by atoms with van der Waals surface area (Å²) in [6.45, 7) is 2.29. The first-order valence-corrected chi connectivity index (χ1v) is 5.78. The lowest BCUT2D eigenvalue weighted by Gasteiger charge is -2.27. The van der Waals surface area contributed by atoms with Gasteiger partial charge in [-0.2, -0.15) is 5.26 Å². The summed E-state index contributed by atoms with van der Waals surface area (Å²) in [7, 11) is 0. The highest BCUT2D eigenvalue weighted by Gasteiger charge is 2.18. The highest BCUT2D eigenvalue weighted by atomic mass is 15.2. The van der Waals surface area contributed by atoms with Crippen LogP contribution in [0.4, 0.5) is 5.82 Å². The molecule has 0 saturated heterocycles. The van der Waals surface area contributed by atoms with Crippen molar-refractivity contribution in [3.05, 3.63) is 17.8 Å². The van der Waals surface area contributed by atoms with Crippen LogP contribution in [0, 0.1) is 17.2 Å². The molecule has 2 rings (SSSR count). The monoisotopic (exact) mass is 216 g/mol. The Morgan fingerprint density at radius 2 is 2.25 bits per heavy atom. The Hall–Kier alpha value is -1.63. The molecular weight excluding hydrogens is 200 g/mol. The number of nitriles is 1. The fourth-order valence-corrected chi connectivity index (χ4v) is 2.24. The van der Waals surface area contributed by atoms with Crippen molar-refractivity contribution >= 4 is 5.82 Å². The Morgan fingerprint density at radius 1 is 1.38 bits per heavy atom. The topological polar surface area (TPSA) is 61.6 Å². The van der Waals surface area contributed by atoms with E-state index in [1.165, 1.54) is 25.7 Å². The van der Waals surface area contributed by atoms with Crippen LogP contribution in [0.5, 0.6) is 0 Å². The van der Waals surface area contributed by atoms with E-state index in [-0.39, 0.29) is 0 Å². The maximum absolute atomic E-state index is 8.61. The highest BCUT2D eigenvalue weighted by Crippen LogP contribution is 2.25. The lowest BCUT2D eigenvalue weighted by atomic mass is 9.87. The summed E-state index contributed by atoms with van der Waals surface area (Å²) >= 11 is 0. The standard InChI is InChI=1S/C12H16N4/c1-9-3-2-4-10(7-9)14-12-6-5-11(8-13)15-16-12/h5-6,9-10H,2-4,7H2,1H3,(H,14,16). The van der Waals surface area contributed by atoms with E-state index in [4.69, 9.17) is 5.26 Å². The average molecular weight is 216 g/mol. The molecule has 1 aromatic heterocycles. The first-order chi connectivity index (χ1) is 7.78. The molecule has 1 fully saturated rings. The first kappa shape index (κ1) is 10.9. The van der Waals surface area contributed by atoms with Gasteiger partial charge in [-0.15, -0.1) is 10.2 Å². The summed E-state index contributed by atoms with van der Waals surface area (Å²) in [5, 5.41) is 19.8. The average Bonchev–Trinajstić information content (AvgIpc) is 2.30. The van der Waals surface area contributed by atoms with Gasteiger partial charge in [-0.3, -0.25) is 0 Å². The third kappa shape index (κ3) is 2.69. The van der Waals surface area contributed by atoms with E-state index in [1.54, 1.807) is 6.07 Å². The van der Waals surface area contributed by atoms with E-state index in [0.717, 1.165) is 11.7 Å². The Kier molecular flexibility index (Phi) is 3.35. The number of aromatic nitrogens is 2. The molecule has 1 aliphatic carbocycles. The van der Waals surface area contributed by atoms with E-state index in [2.05, 4.69) is 22.4 Å². The smallest absolute Gasteiger partial charge is 0.163 e. The molecule has 0 aromatic carbocycles. The van der Waals surface area contributed by atoms with E-state index in [1.807, 2.05) is 12.1 Å². The number of hydrogen-bond acceptors (Lipinski definition) is 4. The van der Waals surface area contributed by atoms with Gasteiger partial charge in [-0.25, -0.2) is 0 Å². The number of rotatable bonds is 2. The zero-order valence-corrected chi connectivity index (χ0v) is 9.48. The molecule has 1 saturated carbocycles. The molecule has 2 atom stereocenters. The minimum absolute atomic E-state index is 0.363. The molecule has 0 radical (unpaired) electrons. The Bertz CT molecular complexity index is 379. The van der Waals surface area contributed by atoms with Crippen LogP contribution in [-0.2, 0) is 0 Å². The minimum atomic E-state index is 0.363. The molecule has 0 amide bonds. The molecule has 2 unspecified atom stereocenters. The first-order valence-electron chi connectivity index (χ1n) is 5.78. The summed E-state index contributed by atoms with van der Waals surface area (Å²) in [6.07, 6.45) is 5.01. The van der Waals surface area contributed by atoms with Crippen molar-refractivity contribution in [3.8, 4) is 6.07 Å². The van der Waals surface area contributed by atoms with Crippen molar-refractivity contribution in [2.75, 3.05) is 5.32 Å². The van der Waals surface area contributed by atoms with Gasteiger partial charge in [0.2, 0.25) is 0 Å². The van der Waals surface area contributed by atoms with Crippen LogP contribution < -0.4 is 5.32 Å². The van der Waals surface area contributed by atoms with Crippen LogP contribution in [-0.4, -0.2) is 16.2 Å². The van der Waals surface area contributed by atoms with Crippen molar-refractivity contribution in [3.63, 3.8) is 0 Å². The van der Waals surface area contributed by atoms with Gasteiger partial charge in [0.1, 0.15) is 11.9 Å². The molecule has 0 spiro atoms. The van der Waals surface area contributed by atoms with Crippen molar-refractivity contribution in [2.45, 2.75) is 38.6 Å². The van der Waals surface area contributed by atoms with Crippen LogP contribution in [0.15, 0.2) is 12.1 Å². The Morgan fingerprint density at radius 3 is 2.88 bits per heavy atom. The summed E-state index contributed by atoms with van der Waals surface area (Å²) in [5.74, 6) is 1.57. The lowest BCUT2D eigenvalue weighted by molar-refractivity contribution is 0.358. The molecule has 4 nitrogen and oxygen atoms in total. The molecule has 0 aliphatic heterocycles. The third-order valence-electron chi connectivity index (χ3n) is 3.07. The molecular formula is C12H16N4. The molecule has 4 heteroatoms. The summed E-state index contributed by atoms with van der Waals surface area (Å²) in [4.78, 5) is 0.